The first-order valence-corrected chi connectivity index (χ1v) is 6.30. The maximum absolute atomic E-state index is 6.00. The summed E-state index contributed by atoms with van der Waals surface area (Å²) in [4.78, 5) is 8.30. The second-order valence-corrected chi connectivity index (χ2v) is 4.83. The van der Waals surface area contributed by atoms with Crippen LogP contribution >= 0.6 is 0 Å². The third-order valence-corrected chi connectivity index (χ3v) is 3.23. The number of hydrogen-bond donors (Lipinski definition) is 1. The van der Waals surface area contributed by atoms with Gasteiger partial charge >= 0.3 is 0 Å². The van der Waals surface area contributed by atoms with Crippen LogP contribution in [0.5, 0.6) is 5.75 Å². The zero-order chi connectivity index (χ0) is 14.0. The molecule has 0 bridgehead atoms. The largest absolute Gasteiger partial charge is 0.496 e. The molecular weight excluding hydrogens is 238 g/mol. The van der Waals surface area contributed by atoms with Crippen molar-refractivity contribution in [3.8, 4) is 16.9 Å². The summed E-state index contributed by atoms with van der Waals surface area (Å²) in [6.07, 6.45) is 1.48. The molecule has 0 amide bonds. The smallest absolute Gasteiger partial charge is 0.135 e. The number of hydrogen-bond acceptors (Lipinski definition) is 4. The van der Waals surface area contributed by atoms with Gasteiger partial charge in [-0.3, -0.25) is 0 Å². The van der Waals surface area contributed by atoms with Crippen LogP contribution in [0.25, 0.3) is 11.1 Å². The average molecular weight is 257 g/mol. The van der Waals surface area contributed by atoms with E-state index in [1.807, 2.05) is 13.0 Å². The Balaban J connectivity index is 2.69. The van der Waals surface area contributed by atoms with Gasteiger partial charge in [0.15, 0.2) is 0 Å². The molecule has 4 nitrogen and oxygen atoms in total. The number of anilines is 1. The number of nitrogen functional groups attached to an aromatic ring is 1. The Morgan fingerprint density at radius 2 is 1.95 bits per heavy atom. The fraction of sp³-hybridized carbons (Fsp3) is 0.333. The van der Waals surface area contributed by atoms with Gasteiger partial charge in [-0.2, -0.15) is 0 Å². The third kappa shape index (κ3) is 2.52. The molecule has 4 heteroatoms. The normalized spacial score (nSPS) is 10.8. The minimum absolute atomic E-state index is 0.441. The topological polar surface area (TPSA) is 61.0 Å². The number of rotatable bonds is 3. The Hall–Kier alpha value is -2.10. The number of nitrogens with zero attached hydrogens (tertiary/aromatic N) is 2. The average Bonchev–Trinajstić information content (AvgIpc) is 2.38. The SMILES string of the molecule is COc1ccc(C(C)C)cc1-c1c(C)ncnc1N. The molecule has 0 aliphatic heterocycles. The number of nitrogens with two attached hydrogens (primary N) is 1. The van der Waals surface area contributed by atoms with Crippen molar-refractivity contribution in [2.75, 3.05) is 12.8 Å². The van der Waals surface area contributed by atoms with Crippen LogP contribution in [0.2, 0.25) is 0 Å². The van der Waals surface area contributed by atoms with E-state index < -0.39 is 0 Å². The lowest BCUT2D eigenvalue weighted by atomic mass is 9.96. The van der Waals surface area contributed by atoms with Gasteiger partial charge in [0.25, 0.3) is 0 Å². The van der Waals surface area contributed by atoms with Crippen LogP contribution in [0.4, 0.5) is 5.82 Å². The first-order chi connectivity index (χ1) is 9.04. The van der Waals surface area contributed by atoms with Crippen LogP contribution in [0, 0.1) is 6.92 Å². The summed E-state index contributed by atoms with van der Waals surface area (Å²) in [7, 11) is 1.66. The molecule has 1 heterocycles. The summed E-state index contributed by atoms with van der Waals surface area (Å²) in [5.41, 5.74) is 9.88. The predicted octanol–water partition coefficient (Wildman–Crippen LogP) is 3.17. The van der Waals surface area contributed by atoms with E-state index in [-0.39, 0.29) is 0 Å². The summed E-state index contributed by atoms with van der Waals surface area (Å²) in [6, 6.07) is 6.14. The highest BCUT2D eigenvalue weighted by Gasteiger charge is 2.15. The molecule has 2 rings (SSSR count). The van der Waals surface area contributed by atoms with Gasteiger partial charge in [-0.1, -0.05) is 19.9 Å². The van der Waals surface area contributed by atoms with Crippen molar-refractivity contribution in [3.05, 3.63) is 35.8 Å². The van der Waals surface area contributed by atoms with Gasteiger partial charge in [0, 0.05) is 11.1 Å². The Kier molecular flexibility index (Phi) is 3.69. The van der Waals surface area contributed by atoms with Crippen molar-refractivity contribution in [1.29, 1.82) is 0 Å². The van der Waals surface area contributed by atoms with Crippen molar-refractivity contribution in [2.24, 2.45) is 0 Å². The van der Waals surface area contributed by atoms with Crippen LogP contribution in [-0.2, 0) is 0 Å². The van der Waals surface area contributed by atoms with Crippen LogP contribution < -0.4 is 10.5 Å². The van der Waals surface area contributed by atoms with Crippen molar-refractivity contribution in [1.82, 2.24) is 9.97 Å². The third-order valence-electron chi connectivity index (χ3n) is 3.23. The van der Waals surface area contributed by atoms with Gasteiger partial charge in [-0.05, 0) is 30.5 Å². The maximum Gasteiger partial charge on any atom is 0.135 e. The molecule has 1 aromatic heterocycles. The summed E-state index contributed by atoms with van der Waals surface area (Å²) in [5.74, 6) is 1.71. The highest BCUT2D eigenvalue weighted by atomic mass is 16.5. The molecule has 100 valence electrons. The molecule has 0 fully saturated rings. The van der Waals surface area contributed by atoms with E-state index in [0.29, 0.717) is 11.7 Å². The molecular formula is C15H19N3O. The number of aryl methyl sites for hydroxylation is 1. The minimum atomic E-state index is 0.441. The molecule has 1 aromatic carbocycles. The van der Waals surface area contributed by atoms with E-state index >= 15 is 0 Å². The van der Waals surface area contributed by atoms with Crippen molar-refractivity contribution in [2.45, 2.75) is 26.7 Å². The van der Waals surface area contributed by atoms with Crippen molar-refractivity contribution >= 4 is 5.82 Å². The molecule has 2 aromatic rings. The molecule has 0 aliphatic carbocycles. The molecule has 0 radical (unpaired) electrons. The van der Waals surface area contributed by atoms with Crippen LogP contribution in [0.1, 0.15) is 31.0 Å². The maximum atomic E-state index is 6.00. The lowest BCUT2D eigenvalue weighted by Crippen LogP contribution is -2.01. The standard InChI is InChI=1S/C15H19N3O/c1-9(2)11-5-6-13(19-4)12(7-11)14-10(3)17-8-18-15(14)16/h5-9H,1-4H3,(H2,16,17,18). The van der Waals surface area contributed by atoms with Gasteiger partial charge in [-0.15, -0.1) is 0 Å². The van der Waals surface area contributed by atoms with E-state index in [9.17, 15) is 0 Å². The van der Waals surface area contributed by atoms with Crippen molar-refractivity contribution in [3.63, 3.8) is 0 Å². The first-order valence-electron chi connectivity index (χ1n) is 6.30. The lowest BCUT2D eigenvalue weighted by Gasteiger charge is -2.15. The zero-order valence-electron chi connectivity index (χ0n) is 11.8. The molecule has 0 unspecified atom stereocenters. The highest BCUT2D eigenvalue weighted by molar-refractivity contribution is 5.80. The van der Waals surface area contributed by atoms with E-state index in [2.05, 4.69) is 35.9 Å². The number of methoxy groups -OCH3 is 1. The van der Waals surface area contributed by atoms with E-state index in [4.69, 9.17) is 10.5 Å². The highest BCUT2D eigenvalue weighted by Crippen LogP contribution is 2.36. The van der Waals surface area contributed by atoms with Crippen LogP contribution in [0.3, 0.4) is 0 Å². The van der Waals surface area contributed by atoms with Gasteiger partial charge in [0.2, 0.25) is 0 Å². The molecule has 0 aliphatic rings. The second kappa shape index (κ2) is 5.26. The fourth-order valence-corrected chi connectivity index (χ4v) is 2.11. The lowest BCUT2D eigenvalue weighted by molar-refractivity contribution is 0.416. The molecule has 0 saturated carbocycles. The molecule has 0 spiro atoms. The van der Waals surface area contributed by atoms with Crippen molar-refractivity contribution < 1.29 is 4.74 Å². The number of ether oxygens (including phenoxy) is 1. The number of benzene rings is 1. The van der Waals surface area contributed by atoms with E-state index in [1.165, 1.54) is 11.9 Å². The van der Waals surface area contributed by atoms with Gasteiger partial charge in [0.1, 0.15) is 17.9 Å². The van der Waals surface area contributed by atoms with Crippen LogP contribution in [-0.4, -0.2) is 17.1 Å². The zero-order valence-corrected chi connectivity index (χ0v) is 11.8. The summed E-state index contributed by atoms with van der Waals surface area (Å²) < 4.78 is 5.43. The van der Waals surface area contributed by atoms with E-state index in [0.717, 1.165) is 22.6 Å². The first kappa shape index (κ1) is 13.3. The monoisotopic (exact) mass is 257 g/mol. The summed E-state index contributed by atoms with van der Waals surface area (Å²) >= 11 is 0. The molecule has 19 heavy (non-hydrogen) atoms. The molecule has 2 N–H and O–H groups in total. The van der Waals surface area contributed by atoms with Gasteiger partial charge in [-0.25, -0.2) is 9.97 Å². The van der Waals surface area contributed by atoms with E-state index in [1.54, 1.807) is 7.11 Å². The summed E-state index contributed by atoms with van der Waals surface area (Å²) in [6.45, 7) is 6.24. The van der Waals surface area contributed by atoms with Gasteiger partial charge < -0.3 is 10.5 Å². The van der Waals surface area contributed by atoms with Crippen LogP contribution in [0.15, 0.2) is 24.5 Å². The second-order valence-electron chi connectivity index (χ2n) is 4.83. The Morgan fingerprint density at radius 3 is 2.53 bits per heavy atom. The quantitative estimate of drug-likeness (QED) is 0.917. The Morgan fingerprint density at radius 1 is 1.21 bits per heavy atom. The molecule has 0 atom stereocenters. The summed E-state index contributed by atoms with van der Waals surface area (Å²) in [5, 5.41) is 0. The van der Waals surface area contributed by atoms with Gasteiger partial charge in [0.05, 0.1) is 12.8 Å². The number of aromatic nitrogens is 2. The fourth-order valence-electron chi connectivity index (χ4n) is 2.11. The minimum Gasteiger partial charge on any atom is -0.496 e. The Labute approximate surface area is 113 Å². The predicted molar refractivity (Wildman–Crippen MR) is 77.3 cm³/mol. The molecule has 0 saturated heterocycles. The Bertz CT molecular complexity index is 574.